The predicted molar refractivity (Wildman–Crippen MR) is 97.7 cm³/mol. The molecule has 0 saturated carbocycles. The van der Waals surface area contributed by atoms with Crippen molar-refractivity contribution in [2.24, 2.45) is 5.92 Å². The molecule has 1 aromatic heterocycles. The average Bonchev–Trinajstić information content (AvgIpc) is 3.13. The highest BCUT2D eigenvalue weighted by Crippen LogP contribution is 2.35. The van der Waals surface area contributed by atoms with E-state index in [1.807, 2.05) is 18.0 Å². The Morgan fingerprint density at radius 2 is 2.29 bits per heavy atom. The molecule has 1 aliphatic heterocycles. The second kappa shape index (κ2) is 8.25. The Morgan fingerprint density at radius 3 is 3.00 bits per heavy atom. The zero-order valence-electron chi connectivity index (χ0n) is 13.8. The molecule has 4 nitrogen and oxygen atoms in total. The Kier molecular flexibility index (Phi) is 6.57. The fourth-order valence-corrected chi connectivity index (χ4v) is 4.43. The zero-order chi connectivity index (χ0) is 16.4. The summed E-state index contributed by atoms with van der Waals surface area (Å²) >= 11 is 1.36. The van der Waals surface area contributed by atoms with Crippen molar-refractivity contribution in [3.05, 3.63) is 34.5 Å². The minimum atomic E-state index is -0.292. The van der Waals surface area contributed by atoms with E-state index >= 15 is 0 Å². The van der Waals surface area contributed by atoms with Gasteiger partial charge in [-0.3, -0.25) is 4.79 Å². The van der Waals surface area contributed by atoms with Crippen LogP contribution in [0.1, 0.15) is 21.7 Å². The van der Waals surface area contributed by atoms with E-state index in [-0.39, 0.29) is 30.7 Å². The van der Waals surface area contributed by atoms with Gasteiger partial charge in [-0.1, -0.05) is 6.07 Å². The summed E-state index contributed by atoms with van der Waals surface area (Å²) in [6.07, 6.45) is 1.01. The number of methoxy groups -OCH3 is 1. The third-order valence-electron chi connectivity index (χ3n) is 4.31. The number of amides is 1. The van der Waals surface area contributed by atoms with E-state index in [1.54, 1.807) is 13.2 Å². The third kappa shape index (κ3) is 3.57. The summed E-state index contributed by atoms with van der Waals surface area (Å²) in [4.78, 5) is 15.4. The van der Waals surface area contributed by atoms with Crippen LogP contribution in [0.5, 0.6) is 0 Å². The molecule has 1 unspecified atom stereocenters. The van der Waals surface area contributed by atoms with E-state index < -0.39 is 0 Å². The number of nitrogens with one attached hydrogen (secondary N) is 1. The van der Waals surface area contributed by atoms with Crippen molar-refractivity contribution in [1.82, 2.24) is 10.2 Å². The molecule has 1 fully saturated rings. The van der Waals surface area contributed by atoms with Crippen LogP contribution >= 0.6 is 23.7 Å². The van der Waals surface area contributed by atoms with Crippen LogP contribution in [0.3, 0.4) is 0 Å². The largest absolute Gasteiger partial charge is 0.380 e. The van der Waals surface area contributed by atoms with Crippen LogP contribution in [-0.4, -0.2) is 44.6 Å². The van der Waals surface area contributed by atoms with Crippen LogP contribution in [0.4, 0.5) is 4.39 Å². The lowest BCUT2D eigenvalue weighted by molar-refractivity contribution is 0.0788. The van der Waals surface area contributed by atoms with Gasteiger partial charge < -0.3 is 15.0 Å². The summed E-state index contributed by atoms with van der Waals surface area (Å²) in [6.45, 7) is 2.67. The van der Waals surface area contributed by atoms with Crippen LogP contribution in [0.25, 0.3) is 10.1 Å². The van der Waals surface area contributed by atoms with Gasteiger partial charge in [0.15, 0.2) is 0 Å². The van der Waals surface area contributed by atoms with E-state index in [2.05, 4.69) is 5.32 Å². The molecule has 1 aliphatic rings. The topological polar surface area (TPSA) is 41.6 Å². The highest BCUT2D eigenvalue weighted by molar-refractivity contribution is 7.21. The highest BCUT2D eigenvalue weighted by atomic mass is 35.5. The van der Waals surface area contributed by atoms with Crippen molar-refractivity contribution >= 4 is 39.7 Å². The number of benzene rings is 1. The first kappa shape index (κ1) is 19.1. The van der Waals surface area contributed by atoms with Crippen molar-refractivity contribution < 1.29 is 13.9 Å². The lowest BCUT2D eigenvalue weighted by Crippen LogP contribution is -2.30. The summed E-state index contributed by atoms with van der Waals surface area (Å²) in [6, 6.07) is 4.96. The Morgan fingerprint density at radius 1 is 1.50 bits per heavy atom. The molecule has 24 heavy (non-hydrogen) atoms. The highest BCUT2D eigenvalue weighted by Gasteiger charge is 2.30. The Balaban J connectivity index is 0.00000208. The van der Waals surface area contributed by atoms with Crippen LogP contribution in [-0.2, 0) is 11.3 Å². The van der Waals surface area contributed by atoms with E-state index in [1.165, 1.54) is 17.4 Å². The quantitative estimate of drug-likeness (QED) is 0.875. The fraction of sp³-hybridized carbons (Fsp3) is 0.471. The molecule has 3 rings (SSSR count). The molecule has 1 atom stereocenters. The van der Waals surface area contributed by atoms with Gasteiger partial charge in [0, 0.05) is 35.8 Å². The predicted octanol–water partition coefficient (Wildman–Crippen LogP) is 3.29. The number of hydrogen-bond acceptors (Lipinski definition) is 4. The number of likely N-dealkylation sites (tertiary alicyclic amines) is 1. The van der Waals surface area contributed by atoms with E-state index in [4.69, 9.17) is 4.74 Å². The molecule has 0 spiro atoms. The van der Waals surface area contributed by atoms with Crippen molar-refractivity contribution in [3.63, 3.8) is 0 Å². The lowest BCUT2D eigenvalue weighted by atomic mass is 10.1. The standard InChI is InChI=1S/C17H21FN2O2S.ClH/c1-19-8-11-6-7-20(9-11)17(21)16-12(10-22-2)15-13(18)4-3-5-14(15)23-16;/h3-5,11,19H,6-10H2,1-2H3;1H. The molecule has 7 heteroatoms. The van der Waals surface area contributed by atoms with Crippen molar-refractivity contribution in [2.45, 2.75) is 13.0 Å². The third-order valence-corrected chi connectivity index (χ3v) is 5.50. The van der Waals surface area contributed by atoms with E-state index in [0.29, 0.717) is 21.7 Å². The summed E-state index contributed by atoms with van der Waals surface area (Å²) in [5.74, 6) is 0.191. The Labute approximate surface area is 151 Å². The SMILES string of the molecule is CNCC1CCN(C(=O)c2sc3cccc(F)c3c2COC)C1.Cl. The molecular weight excluding hydrogens is 351 g/mol. The normalized spacial score (nSPS) is 17.3. The van der Waals surface area contributed by atoms with E-state index in [9.17, 15) is 9.18 Å². The van der Waals surface area contributed by atoms with Gasteiger partial charge in [0.25, 0.3) is 5.91 Å². The number of carbonyl (C=O) groups excluding carboxylic acids is 1. The maximum absolute atomic E-state index is 14.2. The molecule has 0 radical (unpaired) electrons. The van der Waals surface area contributed by atoms with Gasteiger partial charge in [-0.25, -0.2) is 4.39 Å². The molecule has 1 N–H and O–H groups in total. The second-order valence-electron chi connectivity index (χ2n) is 5.92. The van der Waals surface area contributed by atoms with Gasteiger partial charge in [0.2, 0.25) is 0 Å². The molecule has 2 heterocycles. The number of fused-ring (bicyclic) bond motifs is 1. The Bertz CT molecular complexity index is 722. The monoisotopic (exact) mass is 372 g/mol. The second-order valence-corrected chi connectivity index (χ2v) is 6.97. The number of hydrogen-bond donors (Lipinski definition) is 1. The first-order valence-electron chi connectivity index (χ1n) is 7.78. The van der Waals surface area contributed by atoms with Gasteiger partial charge in [0.05, 0.1) is 11.5 Å². The number of carbonyl (C=O) groups is 1. The minimum Gasteiger partial charge on any atom is -0.380 e. The minimum absolute atomic E-state index is 0. The van der Waals surface area contributed by atoms with Gasteiger partial charge in [-0.2, -0.15) is 0 Å². The van der Waals surface area contributed by atoms with Crippen molar-refractivity contribution in [2.75, 3.05) is 33.8 Å². The van der Waals surface area contributed by atoms with Gasteiger partial charge in [0.1, 0.15) is 5.82 Å². The first-order chi connectivity index (χ1) is 11.2. The van der Waals surface area contributed by atoms with Crippen molar-refractivity contribution in [3.8, 4) is 0 Å². The zero-order valence-corrected chi connectivity index (χ0v) is 15.4. The van der Waals surface area contributed by atoms with Gasteiger partial charge in [-0.15, -0.1) is 23.7 Å². The van der Waals surface area contributed by atoms with E-state index in [0.717, 1.165) is 30.8 Å². The Hall–Kier alpha value is -1.21. The number of nitrogens with zero attached hydrogens (tertiary/aromatic N) is 1. The number of halogens is 2. The van der Waals surface area contributed by atoms with Crippen LogP contribution in [0, 0.1) is 11.7 Å². The smallest absolute Gasteiger partial charge is 0.264 e. The molecule has 1 saturated heterocycles. The first-order valence-corrected chi connectivity index (χ1v) is 8.60. The summed E-state index contributed by atoms with van der Waals surface area (Å²) in [5.41, 5.74) is 0.674. The van der Waals surface area contributed by atoms with Crippen LogP contribution in [0.15, 0.2) is 18.2 Å². The molecule has 0 aliphatic carbocycles. The molecule has 1 amide bonds. The maximum atomic E-state index is 14.2. The molecule has 2 aromatic rings. The average molecular weight is 373 g/mol. The maximum Gasteiger partial charge on any atom is 0.264 e. The summed E-state index contributed by atoms with van der Waals surface area (Å²) in [7, 11) is 3.49. The number of ether oxygens (including phenoxy) is 1. The molecule has 0 bridgehead atoms. The van der Waals surface area contributed by atoms with Crippen LogP contribution in [0.2, 0.25) is 0 Å². The fourth-order valence-electron chi connectivity index (χ4n) is 3.24. The van der Waals surface area contributed by atoms with Gasteiger partial charge >= 0.3 is 0 Å². The summed E-state index contributed by atoms with van der Waals surface area (Å²) in [5, 5.41) is 3.69. The molecule has 1 aromatic carbocycles. The number of rotatable bonds is 5. The lowest BCUT2D eigenvalue weighted by Gasteiger charge is -2.16. The molecular formula is C17H22ClFN2O2S. The molecule has 132 valence electrons. The van der Waals surface area contributed by atoms with Gasteiger partial charge in [-0.05, 0) is 38.1 Å². The number of thiophene rings is 1. The van der Waals surface area contributed by atoms with Crippen LogP contribution < -0.4 is 5.32 Å². The van der Waals surface area contributed by atoms with Crippen molar-refractivity contribution in [1.29, 1.82) is 0 Å². The summed E-state index contributed by atoms with van der Waals surface area (Å²) < 4.78 is 20.2.